The van der Waals surface area contributed by atoms with Gasteiger partial charge < -0.3 is 15.3 Å². The molecule has 3 heteroatoms. The van der Waals surface area contributed by atoms with Gasteiger partial charge in [-0.15, -0.1) is 0 Å². The number of nitrogens with one attached hydrogen (secondary N) is 1. The number of hydrogen-bond acceptors (Lipinski definition) is 3. The van der Waals surface area contributed by atoms with Gasteiger partial charge in [-0.25, -0.2) is 0 Å². The van der Waals surface area contributed by atoms with E-state index in [0.29, 0.717) is 6.04 Å². The molecule has 1 saturated carbocycles. The molecule has 0 aromatic heterocycles. The van der Waals surface area contributed by atoms with Gasteiger partial charge in [0.25, 0.3) is 0 Å². The molecule has 3 unspecified atom stereocenters. The van der Waals surface area contributed by atoms with E-state index < -0.39 is 0 Å². The van der Waals surface area contributed by atoms with Crippen molar-refractivity contribution < 1.29 is 5.11 Å². The highest BCUT2D eigenvalue weighted by atomic mass is 16.3. The van der Waals surface area contributed by atoms with E-state index in [1.54, 1.807) is 0 Å². The molecular formula is C15H30N2O. The third-order valence-corrected chi connectivity index (χ3v) is 4.62. The summed E-state index contributed by atoms with van der Waals surface area (Å²) in [5.41, 5.74) is 0. The Morgan fingerprint density at radius 1 is 1.28 bits per heavy atom. The molecule has 3 nitrogen and oxygen atoms in total. The van der Waals surface area contributed by atoms with Crippen LogP contribution < -0.4 is 5.32 Å². The molecule has 18 heavy (non-hydrogen) atoms. The molecule has 0 amide bonds. The summed E-state index contributed by atoms with van der Waals surface area (Å²) >= 11 is 0. The first-order chi connectivity index (χ1) is 8.81. The summed E-state index contributed by atoms with van der Waals surface area (Å²) in [7, 11) is 0. The van der Waals surface area contributed by atoms with Gasteiger partial charge in [0.2, 0.25) is 0 Å². The van der Waals surface area contributed by atoms with Gasteiger partial charge in [-0.3, -0.25) is 0 Å². The van der Waals surface area contributed by atoms with E-state index >= 15 is 0 Å². The number of likely N-dealkylation sites (tertiary alicyclic amines) is 1. The number of nitrogens with zero attached hydrogens (tertiary/aromatic N) is 1. The SMILES string of the molecule is CCCNC(CO)CCN1CC2CCCC(C2)C1. The summed E-state index contributed by atoms with van der Waals surface area (Å²) in [6, 6.07) is 0.298. The maximum atomic E-state index is 9.36. The Kier molecular flexibility index (Phi) is 5.93. The topological polar surface area (TPSA) is 35.5 Å². The van der Waals surface area contributed by atoms with Crippen LogP contribution in [0.25, 0.3) is 0 Å². The number of piperidine rings is 1. The molecule has 2 fully saturated rings. The Morgan fingerprint density at radius 2 is 2.00 bits per heavy atom. The fourth-order valence-corrected chi connectivity index (χ4v) is 3.67. The molecule has 2 N–H and O–H groups in total. The quantitative estimate of drug-likeness (QED) is 0.728. The molecule has 2 bridgehead atoms. The highest BCUT2D eigenvalue weighted by Gasteiger charge is 2.30. The van der Waals surface area contributed by atoms with Crippen LogP contribution in [0, 0.1) is 11.8 Å². The molecule has 0 aromatic rings. The van der Waals surface area contributed by atoms with Crippen molar-refractivity contribution in [1.82, 2.24) is 10.2 Å². The summed E-state index contributed by atoms with van der Waals surface area (Å²) in [6.07, 6.45) is 8.07. The predicted molar refractivity (Wildman–Crippen MR) is 75.7 cm³/mol. The lowest BCUT2D eigenvalue weighted by atomic mass is 9.78. The molecule has 0 radical (unpaired) electrons. The molecule has 1 aliphatic heterocycles. The van der Waals surface area contributed by atoms with E-state index in [2.05, 4.69) is 17.1 Å². The van der Waals surface area contributed by atoms with E-state index in [-0.39, 0.29) is 6.61 Å². The maximum Gasteiger partial charge on any atom is 0.0585 e. The van der Waals surface area contributed by atoms with Gasteiger partial charge in [-0.2, -0.15) is 0 Å². The molecule has 2 rings (SSSR count). The van der Waals surface area contributed by atoms with Crippen molar-refractivity contribution in [3.8, 4) is 0 Å². The lowest BCUT2D eigenvalue weighted by Gasteiger charge is -2.41. The zero-order chi connectivity index (χ0) is 12.8. The van der Waals surface area contributed by atoms with Gasteiger partial charge in [0, 0.05) is 19.1 Å². The normalized spacial score (nSPS) is 30.3. The average molecular weight is 254 g/mol. The van der Waals surface area contributed by atoms with Crippen molar-refractivity contribution in [2.75, 3.05) is 32.8 Å². The second kappa shape index (κ2) is 7.46. The van der Waals surface area contributed by atoms with E-state index in [0.717, 1.165) is 37.8 Å². The summed E-state index contributed by atoms with van der Waals surface area (Å²) in [5, 5.41) is 12.8. The third kappa shape index (κ3) is 4.22. The molecule has 3 atom stereocenters. The predicted octanol–water partition coefficient (Wildman–Crippen LogP) is 1.86. The van der Waals surface area contributed by atoms with Gasteiger partial charge >= 0.3 is 0 Å². The van der Waals surface area contributed by atoms with E-state index in [9.17, 15) is 5.11 Å². The van der Waals surface area contributed by atoms with Crippen LogP contribution in [0.1, 0.15) is 45.4 Å². The fourth-order valence-electron chi connectivity index (χ4n) is 3.67. The minimum absolute atomic E-state index is 0.278. The van der Waals surface area contributed by atoms with Crippen LogP contribution in [0.4, 0.5) is 0 Å². The van der Waals surface area contributed by atoms with Crippen LogP contribution >= 0.6 is 0 Å². The zero-order valence-corrected chi connectivity index (χ0v) is 11.9. The maximum absolute atomic E-state index is 9.36. The van der Waals surface area contributed by atoms with Crippen LogP contribution in [0.2, 0.25) is 0 Å². The van der Waals surface area contributed by atoms with Crippen LogP contribution in [0.15, 0.2) is 0 Å². The standard InChI is InChI=1S/C15H30N2O/c1-2-7-16-15(12-18)6-8-17-10-13-4-3-5-14(9-13)11-17/h13-16,18H,2-12H2,1H3. The second-order valence-corrected chi connectivity index (χ2v) is 6.28. The molecular weight excluding hydrogens is 224 g/mol. The Morgan fingerprint density at radius 3 is 2.61 bits per heavy atom. The number of hydrogen-bond donors (Lipinski definition) is 2. The lowest BCUT2D eigenvalue weighted by Crippen LogP contribution is -2.45. The smallest absolute Gasteiger partial charge is 0.0585 e. The van der Waals surface area contributed by atoms with E-state index in [1.807, 2.05) is 0 Å². The summed E-state index contributed by atoms with van der Waals surface area (Å²) in [5.74, 6) is 1.93. The van der Waals surface area contributed by atoms with Gasteiger partial charge in [-0.1, -0.05) is 13.3 Å². The van der Waals surface area contributed by atoms with Gasteiger partial charge in [-0.05, 0) is 57.0 Å². The van der Waals surface area contributed by atoms with Crippen LogP contribution in [-0.4, -0.2) is 48.8 Å². The first-order valence-electron chi connectivity index (χ1n) is 7.88. The van der Waals surface area contributed by atoms with Gasteiger partial charge in [0.1, 0.15) is 0 Å². The van der Waals surface area contributed by atoms with Crippen LogP contribution in [0.5, 0.6) is 0 Å². The molecule has 106 valence electrons. The van der Waals surface area contributed by atoms with Crippen LogP contribution in [-0.2, 0) is 0 Å². The highest BCUT2D eigenvalue weighted by molar-refractivity contribution is 4.84. The minimum atomic E-state index is 0.278. The number of aliphatic hydroxyl groups is 1. The first kappa shape index (κ1) is 14.3. The van der Waals surface area contributed by atoms with Crippen LogP contribution in [0.3, 0.4) is 0 Å². The monoisotopic (exact) mass is 254 g/mol. The molecule has 0 spiro atoms. The van der Waals surface area contributed by atoms with Gasteiger partial charge in [0.15, 0.2) is 0 Å². The Bertz CT molecular complexity index is 223. The number of aliphatic hydroxyl groups excluding tert-OH is 1. The molecule has 1 heterocycles. The van der Waals surface area contributed by atoms with E-state index in [1.165, 1.54) is 38.8 Å². The highest BCUT2D eigenvalue weighted by Crippen LogP contribution is 2.34. The zero-order valence-electron chi connectivity index (χ0n) is 11.9. The Labute approximate surface area is 112 Å². The van der Waals surface area contributed by atoms with Crippen molar-refractivity contribution in [3.63, 3.8) is 0 Å². The lowest BCUT2D eigenvalue weighted by molar-refractivity contribution is 0.0803. The molecule has 2 aliphatic rings. The van der Waals surface area contributed by atoms with Crippen molar-refractivity contribution in [1.29, 1.82) is 0 Å². The van der Waals surface area contributed by atoms with Crippen molar-refractivity contribution >= 4 is 0 Å². The number of fused-ring (bicyclic) bond motifs is 2. The first-order valence-corrected chi connectivity index (χ1v) is 7.88. The Balaban J connectivity index is 1.69. The summed E-state index contributed by atoms with van der Waals surface area (Å²) < 4.78 is 0. The Hall–Kier alpha value is -0.120. The summed E-state index contributed by atoms with van der Waals surface area (Å²) in [4.78, 5) is 2.65. The molecule has 1 aliphatic carbocycles. The van der Waals surface area contributed by atoms with Gasteiger partial charge in [0.05, 0.1) is 6.61 Å². The number of rotatable bonds is 7. The molecule has 1 saturated heterocycles. The van der Waals surface area contributed by atoms with Crippen molar-refractivity contribution in [3.05, 3.63) is 0 Å². The summed E-state index contributed by atoms with van der Waals surface area (Å²) in [6.45, 7) is 7.25. The minimum Gasteiger partial charge on any atom is -0.395 e. The van der Waals surface area contributed by atoms with Crippen molar-refractivity contribution in [2.45, 2.75) is 51.5 Å². The average Bonchev–Trinajstić information content (AvgIpc) is 2.38. The van der Waals surface area contributed by atoms with E-state index in [4.69, 9.17) is 0 Å². The molecule has 0 aromatic carbocycles. The fraction of sp³-hybridized carbons (Fsp3) is 1.00. The largest absolute Gasteiger partial charge is 0.395 e. The van der Waals surface area contributed by atoms with Crippen molar-refractivity contribution in [2.24, 2.45) is 11.8 Å². The third-order valence-electron chi connectivity index (χ3n) is 4.62. The second-order valence-electron chi connectivity index (χ2n) is 6.28.